The van der Waals surface area contributed by atoms with Crippen LogP contribution in [-0.4, -0.2) is 9.97 Å². The third kappa shape index (κ3) is 4.45. The number of fused-ring (bicyclic) bond motifs is 7. The maximum Gasteiger partial charge on any atom is 0.124 e. The molecule has 0 saturated heterocycles. The summed E-state index contributed by atoms with van der Waals surface area (Å²) in [6.45, 7) is 0. The van der Waals surface area contributed by atoms with Gasteiger partial charge in [-0.1, -0.05) is 121 Å². The van der Waals surface area contributed by atoms with Crippen LogP contribution in [0.4, 0.5) is 0 Å². The van der Waals surface area contributed by atoms with Crippen LogP contribution in [-0.2, 0) is 0 Å². The van der Waals surface area contributed by atoms with Gasteiger partial charge >= 0.3 is 0 Å². The molecule has 10 aromatic rings. The van der Waals surface area contributed by atoms with Crippen LogP contribution < -0.4 is 0 Å². The van der Waals surface area contributed by atoms with E-state index < -0.39 is 0 Å². The van der Waals surface area contributed by atoms with E-state index in [0.29, 0.717) is 0 Å². The summed E-state index contributed by atoms with van der Waals surface area (Å²) >= 11 is 3.49. The van der Waals surface area contributed by atoms with Gasteiger partial charge in [-0.25, -0.2) is 9.97 Å². The molecule has 0 atom stereocenters. The molecule has 0 aliphatic rings. The van der Waals surface area contributed by atoms with Gasteiger partial charge in [0.2, 0.25) is 0 Å². The lowest BCUT2D eigenvalue weighted by atomic mass is 9.87. The number of benzene rings is 8. The zero-order chi connectivity index (χ0) is 31.6. The Balaban J connectivity index is 1.11. The van der Waals surface area contributed by atoms with E-state index in [9.17, 15) is 0 Å². The van der Waals surface area contributed by atoms with E-state index in [0.717, 1.165) is 32.2 Å². The molecule has 0 bridgehead atoms. The summed E-state index contributed by atoms with van der Waals surface area (Å²) in [6.07, 6.45) is 0. The first-order chi connectivity index (χ1) is 23.8. The van der Waals surface area contributed by atoms with Crippen LogP contribution in [0, 0.1) is 0 Å². The number of hydrogen-bond acceptors (Lipinski definition) is 4. The fourth-order valence-electron chi connectivity index (χ4n) is 7.00. The van der Waals surface area contributed by atoms with Crippen molar-refractivity contribution in [3.8, 4) is 43.4 Å². The summed E-state index contributed by atoms with van der Waals surface area (Å²) in [4.78, 5) is 9.78. The van der Waals surface area contributed by atoms with Crippen molar-refractivity contribution in [2.24, 2.45) is 0 Å². The molecule has 0 N–H and O–H groups in total. The Morgan fingerprint density at radius 3 is 1.08 bits per heavy atom. The second-order valence-corrected chi connectivity index (χ2v) is 14.2. The minimum atomic E-state index is 1.05. The van der Waals surface area contributed by atoms with Crippen LogP contribution in [0.5, 0.6) is 0 Å². The first kappa shape index (κ1) is 27.4. The van der Waals surface area contributed by atoms with Gasteiger partial charge in [0, 0.05) is 11.1 Å². The van der Waals surface area contributed by atoms with Gasteiger partial charge in [0.25, 0.3) is 0 Å². The van der Waals surface area contributed by atoms with Crippen molar-refractivity contribution >= 4 is 75.4 Å². The lowest BCUT2D eigenvalue weighted by molar-refractivity contribution is 1.48. The van der Waals surface area contributed by atoms with E-state index >= 15 is 0 Å². The summed E-state index contributed by atoms with van der Waals surface area (Å²) in [5.41, 5.74) is 9.30. The quantitative estimate of drug-likeness (QED) is 0.178. The molecular formula is C44H26N2S2. The zero-order valence-corrected chi connectivity index (χ0v) is 27.4. The number of aromatic nitrogens is 2. The molecule has 0 spiro atoms. The topological polar surface area (TPSA) is 25.8 Å². The van der Waals surface area contributed by atoms with E-state index in [2.05, 4.69) is 146 Å². The number of hydrogen-bond donors (Lipinski definition) is 0. The van der Waals surface area contributed by atoms with E-state index in [-0.39, 0.29) is 0 Å². The predicted octanol–water partition coefficient (Wildman–Crippen LogP) is 13.0. The third-order valence-electron chi connectivity index (χ3n) is 9.36. The van der Waals surface area contributed by atoms with E-state index in [1.807, 2.05) is 12.1 Å². The lowest BCUT2D eigenvalue weighted by Gasteiger charge is -2.16. The van der Waals surface area contributed by atoms with Gasteiger partial charge in [0.05, 0.1) is 20.4 Å². The summed E-state index contributed by atoms with van der Waals surface area (Å²) in [5, 5.41) is 9.68. The molecule has 8 aromatic carbocycles. The second-order valence-electron chi connectivity index (χ2n) is 12.2. The van der Waals surface area contributed by atoms with Crippen molar-refractivity contribution in [2.45, 2.75) is 0 Å². The van der Waals surface area contributed by atoms with Crippen LogP contribution in [0.1, 0.15) is 0 Å². The highest BCUT2D eigenvalue weighted by molar-refractivity contribution is 7.22. The molecule has 2 aromatic heterocycles. The van der Waals surface area contributed by atoms with Crippen LogP contribution in [0.25, 0.3) is 96.1 Å². The molecule has 0 aliphatic heterocycles. The predicted molar refractivity (Wildman–Crippen MR) is 207 cm³/mol. The van der Waals surface area contributed by atoms with Gasteiger partial charge in [-0.05, 0) is 91.0 Å². The van der Waals surface area contributed by atoms with Crippen molar-refractivity contribution in [2.75, 3.05) is 0 Å². The molecule has 224 valence electrons. The molecule has 4 heteroatoms. The highest BCUT2D eigenvalue weighted by atomic mass is 32.1. The molecule has 0 radical (unpaired) electrons. The number of thiazole rings is 2. The van der Waals surface area contributed by atoms with Crippen molar-refractivity contribution in [1.29, 1.82) is 0 Å². The molecule has 2 nitrogen and oxygen atoms in total. The first-order valence-corrected chi connectivity index (χ1v) is 17.7. The van der Waals surface area contributed by atoms with Gasteiger partial charge in [-0.15, -0.1) is 22.7 Å². The molecular weight excluding hydrogens is 621 g/mol. The van der Waals surface area contributed by atoms with Gasteiger partial charge < -0.3 is 0 Å². The molecule has 2 heterocycles. The van der Waals surface area contributed by atoms with Crippen molar-refractivity contribution < 1.29 is 0 Å². The Morgan fingerprint density at radius 1 is 0.312 bits per heavy atom. The number of para-hydroxylation sites is 2. The summed E-state index contributed by atoms with van der Waals surface area (Å²) in [6, 6.07) is 57.0. The SMILES string of the molecule is c1ccc2sc(-c3ccc(-c4cc5c6ccccc6c(-c6ccc(-c7nc8ccccc8s7)cc6)cc5c5ccccc45)cc3)nc2c1. The van der Waals surface area contributed by atoms with Gasteiger partial charge in [-0.2, -0.15) is 0 Å². The molecule has 48 heavy (non-hydrogen) atoms. The fraction of sp³-hybridized carbons (Fsp3) is 0. The Kier molecular flexibility index (Phi) is 6.26. The van der Waals surface area contributed by atoms with E-state index in [1.54, 1.807) is 22.7 Å². The highest BCUT2D eigenvalue weighted by Crippen LogP contribution is 2.43. The number of nitrogens with zero attached hydrogens (tertiary/aromatic N) is 2. The average molecular weight is 647 g/mol. The van der Waals surface area contributed by atoms with Crippen LogP contribution in [0.3, 0.4) is 0 Å². The van der Waals surface area contributed by atoms with Crippen LogP contribution in [0.2, 0.25) is 0 Å². The van der Waals surface area contributed by atoms with Crippen molar-refractivity contribution in [3.63, 3.8) is 0 Å². The largest absolute Gasteiger partial charge is 0.236 e. The standard InChI is InChI=1S/C44H26N2S2/c1-3-11-33-31(9-1)35(27-17-21-29(22-18-27)43-45-39-13-5-7-15-41(39)47-43)25-38-34-12-4-2-10-32(34)36(26-37(33)38)28-19-23-30(24-20-28)44-46-40-14-6-8-16-42(40)48-44/h1-26H. The molecule has 0 unspecified atom stereocenters. The smallest absolute Gasteiger partial charge is 0.124 e. The zero-order valence-electron chi connectivity index (χ0n) is 25.7. The van der Waals surface area contributed by atoms with Gasteiger partial charge in [0.1, 0.15) is 10.0 Å². The van der Waals surface area contributed by atoms with E-state index in [4.69, 9.17) is 9.97 Å². The average Bonchev–Trinajstić information content (AvgIpc) is 3.79. The molecule has 0 saturated carbocycles. The normalized spacial score (nSPS) is 11.8. The van der Waals surface area contributed by atoms with Gasteiger partial charge in [0.15, 0.2) is 0 Å². The van der Waals surface area contributed by atoms with Crippen LogP contribution >= 0.6 is 22.7 Å². The highest BCUT2D eigenvalue weighted by Gasteiger charge is 2.15. The van der Waals surface area contributed by atoms with Crippen molar-refractivity contribution in [1.82, 2.24) is 9.97 Å². The monoisotopic (exact) mass is 646 g/mol. The minimum absolute atomic E-state index is 1.05. The van der Waals surface area contributed by atoms with Crippen molar-refractivity contribution in [3.05, 3.63) is 158 Å². The summed E-state index contributed by atoms with van der Waals surface area (Å²) in [5.74, 6) is 0. The molecule has 0 amide bonds. The summed E-state index contributed by atoms with van der Waals surface area (Å²) < 4.78 is 2.43. The molecule has 0 aliphatic carbocycles. The van der Waals surface area contributed by atoms with Gasteiger partial charge in [-0.3, -0.25) is 0 Å². The number of rotatable bonds is 4. The minimum Gasteiger partial charge on any atom is -0.236 e. The lowest BCUT2D eigenvalue weighted by Crippen LogP contribution is -1.89. The Bertz CT molecular complexity index is 2560. The van der Waals surface area contributed by atoms with E-state index in [1.165, 1.54) is 64.0 Å². The maximum atomic E-state index is 4.89. The molecule has 10 rings (SSSR count). The molecule has 0 fully saturated rings. The second kappa shape index (κ2) is 11.0. The maximum absolute atomic E-state index is 4.89. The Morgan fingerprint density at radius 2 is 0.667 bits per heavy atom. The first-order valence-electron chi connectivity index (χ1n) is 16.1. The summed E-state index contributed by atoms with van der Waals surface area (Å²) in [7, 11) is 0. The Hall–Kier alpha value is -5.68. The van der Waals surface area contributed by atoms with Crippen LogP contribution in [0.15, 0.2) is 158 Å². The third-order valence-corrected chi connectivity index (χ3v) is 11.5. The Labute approximate surface area is 285 Å². The fourth-order valence-corrected chi connectivity index (χ4v) is 8.95.